The second kappa shape index (κ2) is 6.15. The fourth-order valence-electron chi connectivity index (χ4n) is 3.32. The minimum atomic E-state index is -0.293. The zero-order chi connectivity index (χ0) is 16.5. The number of methoxy groups -OCH3 is 1. The molecule has 0 spiro atoms. The van der Waals surface area contributed by atoms with Gasteiger partial charge in [-0.25, -0.2) is 4.39 Å². The number of hydrogen-bond donors (Lipinski definition) is 0. The Morgan fingerprint density at radius 2 is 2.00 bits per heavy atom. The van der Waals surface area contributed by atoms with Crippen LogP contribution in [0.5, 0.6) is 5.75 Å². The van der Waals surface area contributed by atoms with Gasteiger partial charge in [-0.1, -0.05) is 12.1 Å². The molecule has 1 aliphatic rings. The molecule has 0 bridgehead atoms. The Bertz CT molecular complexity index is 853. The average Bonchev–Trinajstić information content (AvgIpc) is 3.05. The molecule has 1 saturated heterocycles. The van der Waals surface area contributed by atoms with E-state index in [0.717, 1.165) is 31.7 Å². The third-order valence-electron chi connectivity index (χ3n) is 4.67. The van der Waals surface area contributed by atoms with Gasteiger partial charge in [0.15, 0.2) is 5.58 Å². The topological polar surface area (TPSA) is 38.5 Å². The highest BCUT2D eigenvalue weighted by atomic mass is 19.1. The minimum Gasteiger partial charge on any atom is -0.497 e. The van der Waals surface area contributed by atoms with Gasteiger partial charge in [-0.15, -0.1) is 0 Å². The summed E-state index contributed by atoms with van der Waals surface area (Å²) in [5.41, 5.74) is 2.51. The van der Waals surface area contributed by atoms with Gasteiger partial charge in [0.05, 0.1) is 7.11 Å². The van der Waals surface area contributed by atoms with Gasteiger partial charge in [0.2, 0.25) is 0 Å². The van der Waals surface area contributed by atoms with Crippen LogP contribution in [0.3, 0.4) is 0 Å². The minimum absolute atomic E-state index is 0.293. The summed E-state index contributed by atoms with van der Waals surface area (Å²) in [6.45, 7) is 1.74. The molecule has 0 saturated carbocycles. The summed E-state index contributed by atoms with van der Waals surface area (Å²) in [5, 5.41) is 0. The van der Waals surface area contributed by atoms with Crippen LogP contribution in [0.1, 0.15) is 24.3 Å². The Balaban J connectivity index is 1.48. The van der Waals surface area contributed by atoms with Gasteiger partial charge < -0.3 is 14.1 Å². The Labute approximate surface area is 139 Å². The van der Waals surface area contributed by atoms with E-state index in [4.69, 9.17) is 9.15 Å². The SMILES string of the molecule is COc1cccc(C2CCN(c3nc4cc(F)ccc4o3)CC2)c1. The van der Waals surface area contributed by atoms with Crippen LogP contribution in [-0.4, -0.2) is 25.2 Å². The lowest BCUT2D eigenvalue weighted by atomic mass is 9.89. The maximum atomic E-state index is 13.3. The van der Waals surface area contributed by atoms with E-state index < -0.39 is 0 Å². The van der Waals surface area contributed by atoms with Crippen LogP contribution in [0, 0.1) is 5.82 Å². The summed E-state index contributed by atoms with van der Waals surface area (Å²) in [5.74, 6) is 1.12. The van der Waals surface area contributed by atoms with Gasteiger partial charge in [-0.2, -0.15) is 4.98 Å². The van der Waals surface area contributed by atoms with Crippen molar-refractivity contribution in [3.8, 4) is 5.75 Å². The first kappa shape index (κ1) is 15.0. The van der Waals surface area contributed by atoms with Crippen LogP contribution >= 0.6 is 0 Å². The number of anilines is 1. The summed E-state index contributed by atoms with van der Waals surface area (Å²) in [7, 11) is 1.69. The van der Waals surface area contributed by atoms with Crippen LogP contribution in [-0.2, 0) is 0 Å². The molecule has 2 heterocycles. The van der Waals surface area contributed by atoms with E-state index in [1.165, 1.54) is 17.7 Å². The molecule has 1 aliphatic heterocycles. The molecule has 0 atom stereocenters. The fraction of sp³-hybridized carbons (Fsp3) is 0.316. The van der Waals surface area contributed by atoms with Gasteiger partial charge in [-0.05, 0) is 48.6 Å². The van der Waals surface area contributed by atoms with Crippen molar-refractivity contribution in [3.05, 3.63) is 53.8 Å². The zero-order valence-corrected chi connectivity index (χ0v) is 13.5. The summed E-state index contributed by atoms with van der Waals surface area (Å²) in [6.07, 6.45) is 2.06. The van der Waals surface area contributed by atoms with Crippen molar-refractivity contribution in [2.24, 2.45) is 0 Å². The second-order valence-corrected chi connectivity index (χ2v) is 6.15. The largest absolute Gasteiger partial charge is 0.497 e. The number of ether oxygens (including phenoxy) is 1. The van der Waals surface area contributed by atoms with E-state index in [2.05, 4.69) is 22.0 Å². The lowest BCUT2D eigenvalue weighted by molar-refractivity contribution is 0.412. The Kier molecular flexibility index (Phi) is 3.84. The quantitative estimate of drug-likeness (QED) is 0.717. The smallest absolute Gasteiger partial charge is 0.298 e. The lowest BCUT2D eigenvalue weighted by Gasteiger charge is -2.31. The molecule has 3 aromatic rings. The van der Waals surface area contributed by atoms with Crippen LogP contribution in [0.2, 0.25) is 0 Å². The van der Waals surface area contributed by atoms with Crippen molar-refractivity contribution in [1.82, 2.24) is 4.98 Å². The first-order valence-corrected chi connectivity index (χ1v) is 8.18. The molecule has 4 rings (SSSR count). The summed E-state index contributed by atoms with van der Waals surface area (Å²) in [4.78, 5) is 6.56. The summed E-state index contributed by atoms with van der Waals surface area (Å²) < 4.78 is 24.4. The van der Waals surface area contributed by atoms with E-state index in [0.29, 0.717) is 23.0 Å². The molecule has 2 aromatic carbocycles. The Hall–Kier alpha value is -2.56. The van der Waals surface area contributed by atoms with Crippen LogP contribution in [0.15, 0.2) is 46.9 Å². The zero-order valence-electron chi connectivity index (χ0n) is 13.5. The second-order valence-electron chi connectivity index (χ2n) is 6.15. The molecule has 5 heteroatoms. The van der Waals surface area contributed by atoms with Crippen LogP contribution < -0.4 is 9.64 Å². The molecule has 0 amide bonds. The molecule has 124 valence electrons. The average molecular weight is 326 g/mol. The van der Waals surface area contributed by atoms with Crippen molar-refractivity contribution in [2.75, 3.05) is 25.1 Å². The summed E-state index contributed by atoms with van der Waals surface area (Å²) >= 11 is 0. The van der Waals surface area contributed by atoms with Crippen molar-refractivity contribution in [2.45, 2.75) is 18.8 Å². The van der Waals surface area contributed by atoms with Gasteiger partial charge in [0.25, 0.3) is 6.01 Å². The molecule has 0 unspecified atom stereocenters. The first-order valence-electron chi connectivity index (χ1n) is 8.18. The molecule has 0 N–H and O–H groups in total. The molecule has 0 radical (unpaired) electrons. The number of piperidine rings is 1. The van der Waals surface area contributed by atoms with Crippen molar-refractivity contribution in [1.29, 1.82) is 0 Å². The molecule has 4 nitrogen and oxygen atoms in total. The number of oxazole rings is 1. The lowest BCUT2D eigenvalue weighted by Crippen LogP contribution is -2.33. The van der Waals surface area contributed by atoms with Crippen molar-refractivity contribution in [3.63, 3.8) is 0 Å². The number of benzene rings is 2. The number of fused-ring (bicyclic) bond motifs is 1. The van der Waals surface area contributed by atoms with Crippen molar-refractivity contribution < 1.29 is 13.5 Å². The molecular weight excluding hydrogens is 307 g/mol. The number of nitrogens with zero attached hydrogens (tertiary/aromatic N) is 2. The molecular formula is C19H19FN2O2. The molecule has 1 fully saturated rings. The van der Waals surface area contributed by atoms with Gasteiger partial charge in [0, 0.05) is 19.2 Å². The molecule has 0 aliphatic carbocycles. The van der Waals surface area contributed by atoms with Gasteiger partial charge in [-0.3, -0.25) is 0 Å². The van der Waals surface area contributed by atoms with Gasteiger partial charge >= 0.3 is 0 Å². The molecule has 1 aromatic heterocycles. The number of aromatic nitrogens is 1. The van der Waals surface area contributed by atoms with Crippen molar-refractivity contribution >= 4 is 17.1 Å². The molecule has 24 heavy (non-hydrogen) atoms. The number of hydrogen-bond acceptors (Lipinski definition) is 4. The van der Waals surface area contributed by atoms with E-state index in [-0.39, 0.29) is 5.82 Å². The van der Waals surface area contributed by atoms with Gasteiger partial charge in [0.1, 0.15) is 17.1 Å². The normalized spacial score (nSPS) is 15.8. The Morgan fingerprint density at radius 3 is 2.79 bits per heavy atom. The highest BCUT2D eigenvalue weighted by Gasteiger charge is 2.24. The van der Waals surface area contributed by atoms with Crippen LogP contribution in [0.25, 0.3) is 11.1 Å². The fourth-order valence-corrected chi connectivity index (χ4v) is 3.32. The first-order chi connectivity index (χ1) is 11.7. The maximum absolute atomic E-state index is 13.3. The third-order valence-corrected chi connectivity index (χ3v) is 4.67. The Morgan fingerprint density at radius 1 is 1.17 bits per heavy atom. The highest BCUT2D eigenvalue weighted by Crippen LogP contribution is 2.32. The maximum Gasteiger partial charge on any atom is 0.298 e. The number of halogens is 1. The predicted octanol–water partition coefficient (Wildman–Crippen LogP) is 4.36. The predicted molar refractivity (Wildman–Crippen MR) is 91.1 cm³/mol. The van der Waals surface area contributed by atoms with E-state index in [9.17, 15) is 4.39 Å². The standard InChI is InChI=1S/C19H19FN2O2/c1-23-16-4-2-3-14(11-16)13-7-9-22(10-8-13)19-21-17-12-15(20)5-6-18(17)24-19/h2-6,11-13H,7-10H2,1H3. The monoisotopic (exact) mass is 326 g/mol. The highest BCUT2D eigenvalue weighted by molar-refractivity contribution is 5.74. The van der Waals surface area contributed by atoms with Crippen LogP contribution in [0.4, 0.5) is 10.4 Å². The van der Waals surface area contributed by atoms with E-state index in [1.807, 2.05) is 12.1 Å². The van der Waals surface area contributed by atoms with E-state index in [1.54, 1.807) is 13.2 Å². The third kappa shape index (κ3) is 2.82. The summed E-state index contributed by atoms with van der Waals surface area (Å²) in [6, 6.07) is 13.3. The number of rotatable bonds is 3. The van der Waals surface area contributed by atoms with E-state index >= 15 is 0 Å².